The van der Waals surface area contributed by atoms with E-state index in [2.05, 4.69) is 20.8 Å². The molecule has 3 atom stereocenters. The first-order valence-corrected chi connectivity index (χ1v) is 5.99. The summed E-state index contributed by atoms with van der Waals surface area (Å²) >= 11 is 0. The summed E-state index contributed by atoms with van der Waals surface area (Å²) in [5.41, 5.74) is 5.50. The van der Waals surface area contributed by atoms with Gasteiger partial charge in [0.2, 0.25) is 5.89 Å². The molecule has 0 aliphatic rings. The van der Waals surface area contributed by atoms with E-state index >= 15 is 0 Å². The van der Waals surface area contributed by atoms with Gasteiger partial charge in [-0.25, -0.2) is 9.59 Å². The fraction of sp³-hybridized carbons (Fsp3) is 0.600. The highest BCUT2D eigenvalue weighted by Gasteiger charge is 2.22. The van der Waals surface area contributed by atoms with Crippen molar-refractivity contribution < 1.29 is 29.4 Å². The molecule has 0 aromatic carbocycles. The van der Waals surface area contributed by atoms with Gasteiger partial charge in [0, 0.05) is 0 Å². The van der Waals surface area contributed by atoms with Crippen molar-refractivity contribution in [3.05, 3.63) is 11.7 Å². The number of hydrogen-bond acceptors (Lipinski definition) is 8. The van der Waals surface area contributed by atoms with E-state index in [9.17, 15) is 9.59 Å². The number of carboxylic acid groups (broad SMARTS) is 1. The minimum Gasteiger partial charge on any atom is -0.480 e. The topological polar surface area (TPSA) is 184 Å². The number of aliphatic hydroxyl groups is 2. The van der Waals surface area contributed by atoms with Crippen LogP contribution in [-0.4, -0.2) is 56.7 Å². The Bertz CT molecular complexity index is 492. The standard InChI is InChI=1S/C10H17N5O6/c1-4(8-14-7(15-21-8)5(11)2-16)12-10(20)13-6(3-17)9(18)19/h4-6,16-17H,2-3,11H2,1H3,(H,18,19)(H2,12,13,20)/t4-,5-,6-/m0/s1. The number of nitrogens with zero attached hydrogens (tertiary/aromatic N) is 2. The molecule has 0 unspecified atom stereocenters. The number of carboxylic acids is 1. The third-order valence-electron chi connectivity index (χ3n) is 2.49. The molecule has 0 aliphatic carbocycles. The average molecular weight is 303 g/mol. The Kier molecular flexibility index (Phi) is 6.02. The number of rotatable bonds is 7. The van der Waals surface area contributed by atoms with Crippen molar-refractivity contribution in [1.82, 2.24) is 20.8 Å². The van der Waals surface area contributed by atoms with Gasteiger partial charge in [-0.05, 0) is 6.92 Å². The molecule has 11 heteroatoms. The molecule has 1 rings (SSSR count). The zero-order valence-corrected chi connectivity index (χ0v) is 11.2. The predicted octanol–water partition coefficient (Wildman–Crippen LogP) is -2.13. The zero-order valence-electron chi connectivity index (χ0n) is 11.2. The van der Waals surface area contributed by atoms with Crippen LogP contribution >= 0.6 is 0 Å². The monoisotopic (exact) mass is 303 g/mol. The van der Waals surface area contributed by atoms with Gasteiger partial charge in [0.1, 0.15) is 6.04 Å². The first kappa shape index (κ1) is 16.8. The number of carbonyl (C=O) groups excluding carboxylic acids is 1. The van der Waals surface area contributed by atoms with Crippen LogP contribution in [0.1, 0.15) is 30.7 Å². The van der Waals surface area contributed by atoms with E-state index in [-0.39, 0.29) is 18.3 Å². The number of carbonyl (C=O) groups is 2. The predicted molar refractivity (Wildman–Crippen MR) is 66.9 cm³/mol. The minimum atomic E-state index is -1.42. The Balaban J connectivity index is 2.60. The number of amides is 2. The Morgan fingerprint density at radius 2 is 2.00 bits per heavy atom. The molecule has 21 heavy (non-hydrogen) atoms. The van der Waals surface area contributed by atoms with E-state index in [1.54, 1.807) is 0 Å². The lowest BCUT2D eigenvalue weighted by atomic mass is 10.3. The third-order valence-corrected chi connectivity index (χ3v) is 2.49. The van der Waals surface area contributed by atoms with Gasteiger partial charge in [0.25, 0.3) is 0 Å². The van der Waals surface area contributed by atoms with E-state index in [4.69, 9.17) is 25.6 Å². The number of aliphatic hydroxyl groups excluding tert-OH is 2. The molecule has 0 aliphatic heterocycles. The maximum Gasteiger partial charge on any atom is 0.328 e. The van der Waals surface area contributed by atoms with Gasteiger partial charge < -0.3 is 36.2 Å². The smallest absolute Gasteiger partial charge is 0.328 e. The van der Waals surface area contributed by atoms with E-state index in [0.29, 0.717) is 0 Å². The number of hydrogen-bond donors (Lipinski definition) is 6. The van der Waals surface area contributed by atoms with Crippen LogP contribution in [0.2, 0.25) is 0 Å². The van der Waals surface area contributed by atoms with Crippen LogP contribution in [0.3, 0.4) is 0 Å². The number of aliphatic carboxylic acids is 1. The van der Waals surface area contributed by atoms with Gasteiger partial charge in [0.05, 0.1) is 19.3 Å². The summed E-state index contributed by atoms with van der Waals surface area (Å²) in [7, 11) is 0. The molecule has 0 fully saturated rings. The lowest BCUT2D eigenvalue weighted by Gasteiger charge is -2.14. The van der Waals surface area contributed by atoms with Crippen molar-refractivity contribution in [2.24, 2.45) is 5.73 Å². The second-order valence-corrected chi connectivity index (χ2v) is 4.19. The highest BCUT2D eigenvalue weighted by Crippen LogP contribution is 2.12. The summed E-state index contributed by atoms with van der Waals surface area (Å²) in [5.74, 6) is -1.24. The maximum atomic E-state index is 11.5. The van der Waals surface area contributed by atoms with E-state index < -0.39 is 36.7 Å². The summed E-state index contributed by atoms with van der Waals surface area (Å²) < 4.78 is 4.87. The summed E-state index contributed by atoms with van der Waals surface area (Å²) in [6.07, 6.45) is 0. The Morgan fingerprint density at radius 3 is 2.52 bits per heavy atom. The van der Waals surface area contributed by atoms with Crippen molar-refractivity contribution in [2.75, 3.05) is 13.2 Å². The van der Waals surface area contributed by atoms with E-state index in [1.165, 1.54) is 6.92 Å². The zero-order chi connectivity index (χ0) is 16.0. The van der Waals surface area contributed by atoms with Crippen molar-refractivity contribution >= 4 is 12.0 Å². The molecule has 0 bridgehead atoms. The normalized spacial score (nSPS) is 15.0. The van der Waals surface area contributed by atoms with Gasteiger partial charge in [-0.1, -0.05) is 5.16 Å². The Morgan fingerprint density at radius 1 is 1.33 bits per heavy atom. The molecule has 0 radical (unpaired) electrons. The second kappa shape index (κ2) is 7.52. The van der Waals surface area contributed by atoms with Crippen molar-refractivity contribution in [1.29, 1.82) is 0 Å². The molecule has 0 saturated heterocycles. The fourth-order valence-electron chi connectivity index (χ4n) is 1.30. The fourth-order valence-corrected chi connectivity index (χ4v) is 1.30. The van der Waals surface area contributed by atoms with E-state index in [0.717, 1.165) is 0 Å². The molecule has 118 valence electrons. The molecule has 1 aromatic heterocycles. The van der Waals surface area contributed by atoms with Gasteiger partial charge >= 0.3 is 12.0 Å². The van der Waals surface area contributed by atoms with Gasteiger partial charge in [0.15, 0.2) is 11.9 Å². The van der Waals surface area contributed by atoms with Crippen molar-refractivity contribution in [3.63, 3.8) is 0 Å². The van der Waals surface area contributed by atoms with Crippen LogP contribution in [0.4, 0.5) is 4.79 Å². The van der Waals surface area contributed by atoms with Crippen LogP contribution in [-0.2, 0) is 4.79 Å². The van der Waals surface area contributed by atoms with Gasteiger partial charge in [-0.15, -0.1) is 0 Å². The molecule has 2 amide bonds. The molecular weight excluding hydrogens is 286 g/mol. The average Bonchev–Trinajstić information content (AvgIpc) is 2.93. The van der Waals surface area contributed by atoms with Gasteiger partial charge in [-0.3, -0.25) is 0 Å². The second-order valence-electron chi connectivity index (χ2n) is 4.19. The lowest BCUT2D eigenvalue weighted by molar-refractivity contribution is -0.140. The highest BCUT2D eigenvalue weighted by atomic mass is 16.5. The molecular formula is C10H17N5O6. The van der Waals surface area contributed by atoms with Crippen LogP contribution in [0.5, 0.6) is 0 Å². The van der Waals surface area contributed by atoms with Crippen LogP contribution in [0, 0.1) is 0 Å². The largest absolute Gasteiger partial charge is 0.480 e. The van der Waals surface area contributed by atoms with E-state index in [1.807, 2.05) is 0 Å². The Labute approximate surface area is 119 Å². The quantitative estimate of drug-likeness (QED) is 0.327. The van der Waals surface area contributed by atoms with Crippen LogP contribution in [0.25, 0.3) is 0 Å². The lowest BCUT2D eigenvalue weighted by Crippen LogP contribution is -2.48. The summed E-state index contributed by atoms with van der Waals surface area (Å²) in [4.78, 5) is 26.1. The molecule has 1 aromatic rings. The number of nitrogens with two attached hydrogens (primary N) is 1. The molecule has 11 nitrogen and oxygen atoms in total. The third kappa shape index (κ3) is 4.66. The molecule has 1 heterocycles. The maximum absolute atomic E-state index is 11.5. The summed E-state index contributed by atoms with van der Waals surface area (Å²) in [6, 6.07) is -3.76. The number of aromatic nitrogens is 2. The molecule has 7 N–H and O–H groups in total. The highest BCUT2D eigenvalue weighted by molar-refractivity contribution is 5.82. The summed E-state index contributed by atoms with van der Waals surface area (Å²) in [6.45, 7) is 0.418. The van der Waals surface area contributed by atoms with Crippen molar-refractivity contribution in [2.45, 2.75) is 25.0 Å². The SMILES string of the molecule is C[C@H](NC(=O)N[C@@H](CO)C(=O)O)c1nc([C@@H](N)CO)no1. The van der Waals surface area contributed by atoms with Crippen molar-refractivity contribution in [3.8, 4) is 0 Å². The summed E-state index contributed by atoms with van der Waals surface area (Å²) in [5, 5.41) is 34.3. The molecule has 0 spiro atoms. The first-order valence-electron chi connectivity index (χ1n) is 5.99. The van der Waals surface area contributed by atoms with Crippen LogP contribution < -0.4 is 16.4 Å². The Hall–Kier alpha value is -2.24. The molecule has 0 saturated carbocycles. The number of urea groups is 1. The van der Waals surface area contributed by atoms with Crippen LogP contribution in [0.15, 0.2) is 4.52 Å². The minimum absolute atomic E-state index is 0.0416. The van der Waals surface area contributed by atoms with Gasteiger partial charge in [-0.2, -0.15) is 4.98 Å². The number of nitrogens with one attached hydrogen (secondary N) is 2. The first-order chi connectivity index (χ1) is 9.88.